The fourth-order valence-electron chi connectivity index (χ4n) is 2.00. The Kier molecular flexibility index (Phi) is 2.81. The van der Waals surface area contributed by atoms with E-state index in [9.17, 15) is 4.79 Å². The highest BCUT2D eigenvalue weighted by Gasteiger charge is 2.18. The van der Waals surface area contributed by atoms with Gasteiger partial charge in [0.05, 0.1) is 31.5 Å². The number of hydrogen-bond acceptors (Lipinski definition) is 5. The second-order valence-electron chi connectivity index (χ2n) is 4.23. The summed E-state index contributed by atoms with van der Waals surface area (Å²) in [5.41, 5.74) is 2.07. The zero-order chi connectivity index (χ0) is 12.5. The standard InChI is InChI=1S/C12H13N3O3/c1-8-4-9-12(13-5-8)14-6-10(16)15(9)7-11-17-2-3-18-11/h4-6,11H,2-3,7H2,1H3. The highest BCUT2D eigenvalue weighted by Crippen LogP contribution is 2.12. The van der Waals surface area contributed by atoms with E-state index in [1.54, 1.807) is 10.8 Å². The maximum atomic E-state index is 11.9. The van der Waals surface area contributed by atoms with Gasteiger partial charge in [0.1, 0.15) is 0 Å². The smallest absolute Gasteiger partial charge is 0.269 e. The molecule has 0 bridgehead atoms. The maximum absolute atomic E-state index is 11.9. The van der Waals surface area contributed by atoms with Crippen LogP contribution in [0.25, 0.3) is 11.2 Å². The van der Waals surface area contributed by atoms with E-state index in [1.165, 1.54) is 6.20 Å². The predicted octanol–water partition coefficient (Wildman–Crippen LogP) is 0.473. The highest BCUT2D eigenvalue weighted by molar-refractivity contribution is 5.70. The molecule has 1 saturated heterocycles. The summed E-state index contributed by atoms with van der Waals surface area (Å²) in [6, 6.07) is 1.89. The van der Waals surface area contributed by atoms with Crippen LogP contribution in [0, 0.1) is 6.92 Å². The van der Waals surface area contributed by atoms with Crippen LogP contribution in [0.1, 0.15) is 5.56 Å². The number of nitrogens with zero attached hydrogens (tertiary/aromatic N) is 3. The SMILES string of the molecule is Cc1cnc2ncc(=O)n(CC3OCCO3)c2c1. The van der Waals surface area contributed by atoms with Crippen LogP contribution in [0.3, 0.4) is 0 Å². The van der Waals surface area contributed by atoms with Crippen molar-refractivity contribution >= 4 is 11.2 Å². The molecule has 6 nitrogen and oxygen atoms in total. The zero-order valence-corrected chi connectivity index (χ0v) is 10.00. The van der Waals surface area contributed by atoms with E-state index in [2.05, 4.69) is 9.97 Å². The van der Waals surface area contributed by atoms with Crippen molar-refractivity contribution in [1.29, 1.82) is 0 Å². The molecule has 18 heavy (non-hydrogen) atoms. The maximum Gasteiger partial charge on any atom is 0.269 e. The summed E-state index contributed by atoms with van der Waals surface area (Å²) < 4.78 is 12.3. The summed E-state index contributed by atoms with van der Waals surface area (Å²) in [6.45, 7) is 3.43. The lowest BCUT2D eigenvalue weighted by atomic mass is 10.3. The quantitative estimate of drug-likeness (QED) is 0.772. The van der Waals surface area contributed by atoms with E-state index in [0.717, 1.165) is 5.56 Å². The van der Waals surface area contributed by atoms with Gasteiger partial charge in [-0.2, -0.15) is 0 Å². The van der Waals surface area contributed by atoms with Crippen molar-refractivity contribution in [3.63, 3.8) is 0 Å². The minimum Gasteiger partial charge on any atom is -0.348 e. The summed E-state index contributed by atoms with van der Waals surface area (Å²) in [4.78, 5) is 20.1. The van der Waals surface area contributed by atoms with Crippen LogP contribution in [0.2, 0.25) is 0 Å². The minimum atomic E-state index is -0.367. The Bertz CT molecular complexity index is 632. The van der Waals surface area contributed by atoms with Crippen molar-refractivity contribution < 1.29 is 9.47 Å². The van der Waals surface area contributed by atoms with Crippen LogP contribution < -0.4 is 5.56 Å². The van der Waals surface area contributed by atoms with E-state index < -0.39 is 0 Å². The summed E-state index contributed by atoms with van der Waals surface area (Å²) in [7, 11) is 0. The molecule has 94 valence electrons. The lowest BCUT2D eigenvalue weighted by Gasteiger charge is -2.13. The van der Waals surface area contributed by atoms with Crippen LogP contribution in [0.15, 0.2) is 23.3 Å². The monoisotopic (exact) mass is 247 g/mol. The molecular weight excluding hydrogens is 234 g/mol. The van der Waals surface area contributed by atoms with E-state index in [0.29, 0.717) is 30.9 Å². The largest absolute Gasteiger partial charge is 0.348 e. The van der Waals surface area contributed by atoms with Gasteiger partial charge in [-0.05, 0) is 18.6 Å². The molecule has 2 aromatic rings. The van der Waals surface area contributed by atoms with Crippen molar-refractivity contribution in [2.45, 2.75) is 19.8 Å². The Hall–Kier alpha value is -1.79. The number of hydrogen-bond donors (Lipinski definition) is 0. The first-order valence-electron chi connectivity index (χ1n) is 5.79. The number of fused-ring (bicyclic) bond motifs is 1. The Balaban J connectivity index is 2.10. The molecule has 0 N–H and O–H groups in total. The second kappa shape index (κ2) is 4.47. The zero-order valence-electron chi connectivity index (χ0n) is 10.00. The van der Waals surface area contributed by atoms with Crippen LogP contribution in [0.4, 0.5) is 0 Å². The van der Waals surface area contributed by atoms with E-state index in [1.807, 2.05) is 13.0 Å². The van der Waals surface area contributed by atoms with Gasteiger partial charge in [0.25, 0.3) is 5.56 Å². The summed E-state index contributed by atoms with van der Waals surface area (Å²) in [6.07, 6.45) is 2.64. The van der Waals surface area contributed by atoms with E-state index in [4.69, 9.17) is 9.47 Å². The average Bonchev–Trinajstić information content (AvgIpc) is 2.86. The fourth-order valence-corrected chi connectivity index (χ4v) is 2.00. The normalized spacial score (nSPS) is 16.5. The van der Waals surface area contributed by atoms with Gasteiger partial charge in [0.2, 0.25) is 0 Å². The van der Waals surface area contributed by atoms with Gasteiger partial charge in [-0.1, -0.05) is 0 Å². The fraction of sp³-hybridized carbons (Fsp3) is 0.417. The predicted molar refractivity (Wildman–Crippen MR) is 64.2 cm³/mol. The van der Waals surface area contributed by atoms with Gasteiger partial charge in [0, 0.05) is 6.20 Å². The van der Waals surface area contributed by atoms with Crippen molar-refractivity contribution in [3.8, 4) is 0 Å². The molecule has 3 rings (SSSR count). The lowest BCUT2D eigenvalue weighted by Crippen LogP contribution is -2.27. The summed E-state index contributed by atoms with van der Waals surface area (Å²) in [5, 5.41) is 0. The van der Waals surface area contributed by atoms with Crippen LogP contribution >= 0.6 is 0 Å². The molecule has 2 aromatic heterocycles. The molecule has 0 aromatic carbocycles. The van der Waals surface area contributed by atoms with Gasteiger partial charge in [-0.25, -0.2) is 9.97 Å². The number of aromatic nitrogens is 3. The molecule has 0 unspecified atom stereocenters. The van der Waals surface area contributed by atoms with Crippen molar-refractivity contribution in [3.05, 3.63) is 34.4 Å². The van der Waals surface area contributed by atoms with Gasteiger partial charge in [-0.3, -0.25) is 9.36 Å². The first kappa shape index (κ1) is 11.3. The Morgan fingerprint density at radius 3 is 2.83 bits per heavy atom. The minimum absolute atomic E-state index is 0.172. The first-order chi connectivity index (χ1) is 8.74. The number of aryl methyl sites for hydroxylation is 1. The Labute approximate surface area is 103 Å². The number of pyridine rings is 1. The Morgan fingerprint density at radius 1 is 1.33 bits per heavy atom. The molecular formula is C12H13N3O3. The molecule has 0 amide bonds. The highest BCUT2D eigenvalue weighted by atomic mass is 16.7. The molecule has 1 fully saturated rings. The second-order valence-corrected chi connectivity index (χ2v) is 4.23. The van der Waals surface area contributed by atoms with Gasteiger partial charge in [0.15, 0.2) is 11.9 Å². The average molecular weight is 247 g/mol. The van der Waals surface area contributed by atoms with Gasteiger partial charge < -0.3 is 9.47 Å². The molecule has 3 heterocycles. The van der Waals surface area contributed by atoms with Crippen molar-refractivity contribution in [2.75, 3.05) is 13.2 Å². The first-order valence-corrected chi connectivity index (χ1v) is 5.79. The molecule has 6 heteroatoms. The van der Waals surface area contributed by atoms with Crippen LogP contribution in [-0.2, 0) is 16.0 Å². The molecule has 1 aliphatic heterocycles. The molecule has 0 radical (unpaired) electrons. The van der Waals surface area contributed by atoms with Crippen LogP contribution in [-0.4, -0.2) is 34.0 Å². The van der Waals surface area contributed by atoms with Crippen molar-refractivity contribution in [2.24, 2.45) is 0 Å². The third-order valence-corrected chi connectivity index (χ3v) is 2.86. The molecule has 1 aliphatic rings. The van der Waals surface area contributed by atoms with Crippen LogP contribution in [0.5, 0.6) is 0 Å². The Morgan fingerprint density at radius 2 is 2.06 bits per heavy atom. The molecule has 0 aliphatic carbocycles. The van der Waals surface area contributed by atoms with E-state index >= 15 is 0 Å². The molecule has 0 saturated carbocycles. The lowest BCUT2D eigenvalue weighted by molar-refractivity contribution is -0.0523. The van der Waals surface area contributed by atoms with Gasteiger partial charge in [-0.15, -0.1) is 0 Å². The third kappa shape index (κ3) is 2.00. The van der Waals surface area contributed by atoms with Gasteiger partial charge >= 0.3 is 0 Å². The number of ether oxygens (including phenoxy) is 2. The summed E-state index contributed by atoms with van der Waals surface area (Å²) >= 11 is 0. The van der Waals surface area contributed by atoms with E-state index in [-0.39, 0.29) is 11.8 Å². The number of rotatable bonds is 2. The topological polar surface area (TPSA) is 66.2 Å². The molecule has 0 atom stereocenters. The summed E-state index contributed by atoms with van der Waals surface area (Å²) in [5.74, 6) is 0. The van der Waals surface area contributed by atoms with Crippen molar-refractivity contribution in [1.82, 2.24) is 14.5 Å². The molecule has 0 spiro atoms. The third-order valence-electron chi connectivity index (χ3n) is 2.86.